The zero-order chi connectivity index (χ0) is 18.7. The lowest BCUT2D eigenvalue weighted by Gasteiger charge is -2.27. The monoisotopic (exact) mass is 355 g/mol. The molecule has 0 radical (unpaired) electrons. The number of benzene rings is 2. The largest absolute Gasteiger partial charge is 0.326 e. The summed E-state index contributed by atoms with van der Waals surface area (Å²) < 4.78 is 13.0. The second-order valence-corrected chi connectivity index (χ2v) is 6.70. The van der Waals surface area contributed by atoms with Crippen LogP contribution in [0, 0.1) is 11.7 Å². The van der Waals surface area contributed by atoms with Gasteiger partial charge in [0.25, 0.3) is 0 Å². The molecule has 3 rings (SSSR count). The number of nitrogens with one attached hydrogen (secondary N) is 2. The van der Waals surface area contributed by atoms with Crippen molar-refractivity contribution in [1.82, 2.24) is 5.32 Å². The third kappa shape index (κ3) is 3.85. The molecule has 2 N–H and O–H groups in total. The van der Waals surface area contributed by atoms with E-state index in [0.29, 0.717) is 12.2 Å². The summed E-state index contributed by atoms with van der Waals surface area (Å²) in [5.41, 5.74) is 2.51. The highest BCUT2D eigenvalue weighted by Gasteiger charge is 2.32. The Bertz CT molecular complexity index is 805. The second-order valence-electron chi connectivity index (χ2n) is 6.70. The lowest BCUT2D eigenvalue weighted by Crippen LogP contribution is -2.52. The predicted molar refractivity (Wildman–Crippen MR) is 99.7 cm³/mol. The highest BCUT2D eigenvalue weighted by Crippen LogP contribution is 2.28. The van der Waals surface area contributed by atoms with Gasteiger partial charge in [0.15, 0.2) is 0 Å². The van der Waals surface area contributed by atoms with E-state index in [1.807, 2.05) is 38.1 Å². The van der Waals surface area contributed by atoms with E-state index in [1.54, 1.807) is 4.90 Å². The predicted octanol–water partition coefficient (Wildman–Crippen LogP) is 3.56. The van der Waals surface area contributed by atoms with Gasteiger partial charge in [-0.3, -0.25) is 4.79 Å². The Morgan fingerprint density at radius 2 is 1.77 bits per heavy atom. The lowest BCUT2D eigenvalue weighted by molar-refractivity contribution is -0.121. The summed E-state index contributed by atoms with van der Waals surface area (Å²) in [6, 6.07) is 12.1. The van der Waals surface area contributed by atoms with Crippen LogP contribution in [-0.4, -0.2) is 24.5 Å². The molecule has 0 bridgehead atoms. The topological polar surface area (TPSA) is 61.4 Å². The zero-order valence-electron chi connectivity index (χ0n) is 14.8. The molecular weight excluding hydrogens is 333 g/mol. The van der Waals surface area contributed by atoms with E-state index in [4.69, 9.17) is 0 Å². The van der Waals surface area contributed by atoms with Gasteiger partial charge in [-0.25, -0.2) is 9.18 Å². The number of rotatable bonds is 4. The number of urea groups is 1. The molecule has 1 aliphatic heterocycles. The van der Waals surface area contributed by atoms with Crippen LogP contribution < -0.4 is 15.5 Å². The molecule has 26 heavy (non-hydrogen) atoms. The van der Waals surface area contributed by atoms with Gasteiger partial charge in [0.2, 0.25) is 5.91 Å². The van der Waals surface area contributed by atoms with Crippen LogP contribution in [0.25, 0.3) is 0 Å². The Morgan fingerprint density at radius 1 is 1.08 bits per heavy atom. The summed E-state index contributed by atoms with van der Waals surface area (Å²) in [4.78, 5) is 27.0. The molecule has 0 aromatic heterocycles. The van der Waals surface area contributed by atoms with Crippen molar-refractivity contribution in [3.8, 4) is 0 Å². The molecule has 1 aliphatic rings. The first-order chi connectivity index (χ1) is 12.5. The highest BCUT2D eigenvalue weighted by atomic mass is 19.1. The Kier molecular flexibility index (Phi) is 5.21. The summed E-state index contributed by atoms with van der Waals surface area (Å²) in [6.07, 6.45) is 0.814. The molecule has 2 aromatic rings. The summed E-state index contributed by atoms with van der Waals surface area (Å²) in [5, 5.41) is 5.38. The van der Waals surface area contributed by atoms with Crippen LogP contribution in [0.1, 0.15) is 19.4 Å². The minimum atomic E-state index is -0.651. The number of para-hydroxylation sites is 1. The minimum absolute atomic E-state index is 0.0748. The highest BCUT2D eigenvalue weighted by molar-refractivity contribution is 6.02. The first-order valence-corrected chi connectivity index (χ1v) is 8.68. The molecule has 5 nitrogen and oxygen atoms in total. The van der Waals surface area contributed by atoms with Crippen LogP contribution in [-0.2, 0) is 11.2 Å². The van der Waals surface area contributed by atoms with Crippen LogP contribution in [0.15, 0.2) is 48.5 Å². The van der Waals surface area contributed by atoms with Crippen molar-refractivity contribution in [2.45, 2.75) is 26.3 Å². The first-order valence-electron chi connectivity index (χ1n) is 8.68. The molecule has 1 atom stereocenters. The number of halogens is 1. The van der Waals surface area contributed by atoms with Crippen molar-refractivity contribution in [3.05, 3.63) is 59.9 Å². The van der Waals surface area contributed by atoms with Crippen molar-refractivity contribution < 1.29 is 14.0 Å². The van der Waals surface area contributed by atoms with E-state index in [-0.39, 0.29) is 17.6 Å². The van der Waals surface area contributed by atoms with Gasteiger partial charge in [-0.1, -0.05) is 32.0 Å². The van der Waals surface area contributed by atoms with Crippen LogP contribution in [0.4, 0.5) is 20.6 Å². The van der Waals surface area contributed by atoms with Crippen molar-refractivity contribution in [1.29, 1.82) is 0 Å². The fourth-order valence-corrected chi connectivity index (χ4v) is 3.09. The summed E-state index contributed by atoms with van der Waals surface area (Å²) in [5.74, 6) is -0.577. The second kappa shape index (κ2) is 7.56. The summed E-state index contributed by atoms with van der Waals surface area (Å²) in [7, 11) is 0. The number of nitrogens with zero attached hydrogens (tertiary/aromatic N) is 1. The van der Waals surface area contributed by atoms with Gasteiger partial charge in [-0.05, 0) is 48.2 Å². The Hall–Kier alpha value is -2.89. The van der Waals surface area contributed by atoms with E-state index in [1.165, 1.54) is 24.3 Å². The molecule has 3 amide bonds. The van der Waals surface area contributed by atoms with Gasteiger partial charge in [0.05, 0.1) is 0 Å². The average Bonchev–Trinajstić information content (AvgIpc) is 3.05. The normalized spacial score (nSPS) is 14.1. The first kappa shape index (κ1) is 17.9. The third-order valence-electron chi connectivity index (χ3n) is 4.47. The molecule has 2 aromatic carbocycles. The number of amides is 3. The number of hydrogen-bond donors (Lipinski definition) is 2. The fourth-order valence-electron chi connectivity index (χ4n) is 3.09. The number of carbonyl (C=O) groups excluding carboxylic acids is 2. The number of hydrogen-bond acceptors (Lipinski definition) is 2. The van der Waals surface area contributed by atoms with Crippen LogP contribution in [0.3, 0.4) is 0 Å². The van der Waals surface area contributed by atoms with Crippen LogP contribution in [0.2, 0.25) is 0 Å². The summed E-state index contributed by atoms with van der Waals surface area (Å²) in [6.45, 7) is 4.40. The number of carbonyl (C=O) groups is 2. The van der Waals surface area contributed by atoms with E-state index in [9.17, 15) is 14.0 Å². The van der Waals surface area contributed by atoms with Gasteiger partial charge in [0.1, 0.15) is 11.9 Å². The number of anilines is 2. The molecule has 0 unspecified atom stereocenters. The smallest absolute Gasteiger partial charge is 0.319 e. The Balaban J connectivity index is 1.70. The Morgan fingerprint density at radius 3 is 2.46 bits per heavy atom. The maximum Gasteiger partial charge on any atom is 0.319 e. The van der Waals surface area contributed by atoms with E-state index in [0.717, 1.165) is 17.7 Å². The van der Waals surface area contributed by atoms with Gasteiger partial charge in [0, 0.05) is 17.9 Å². The van der Waals surface area contributed by atoms with Crippen molar-refractivity contribution in [3.63, 3.8) is 0 Å². The molecule has 0 saturated heterocycles. The molecule has 0 spiro atoms. The fraction of sp³-hybridized carbons (Fsp3) is 0.300. The minimum Gasteiger partial charge on any atom is -0.326 e. The quantitative estimate of drug-likeness (QED) is 0.881. The van der Waals surface area contributed by atoms with E-state index in [2.05, 4.69) is 10.6 Å². The average molecular weight is 355 g/mol. The molecule has 1 heterocycles. The van der Waals surface area contributed by atoms with Crippen molar-refractivity contribution in [2.75, 3.05) is 16.8 Å². The summed E-state index contributed by atoms with van der Waals surface area (Å²) >= 11 is 0. The van der Waals surface area contributed by atoms with Crippen molar-refractivity contribution >= 4 is 23.3 Å². The third-order valence-corrected chi connectivity index (χ3v) is 4.47. The standard InChI is InChI=1S/C20H22FN3O2/c1-13(2)18(23-20(26)22-16-9-7-15(21)8-10-16)19(25)24-12-11-14-5-3-4-6-17(14)24/h3-10,13,18H,11-12H2,1-2H3,(H2,22,23,26)/t18-/m1/s1. The van der Waals surface area contributed by atoms with Crippen LogP contribution >= 0.6 is 0 Å². The molecule has 0 fully saturated rings. The molecule has 0 aliphatic carbocycles. The van der Waals surface area contributed by atoms with Gasteiger partial charge < -0.3 is 15.5 Å². The Labute approximate surface area is 152 Å². The molecule has 136 valence electrons. The lowest BCUT2D eigenvalue weighted by atomic mass is 10.0. The van der Waals surface area contributed by atoms with Gasteiger partial charge >= 0.3 is 6.03 Å². The van der Waals surface area contributed by atoms with E-state index >= 15 is 0 Å². The number of fused-ring (bicyclic) bond motifs is 1. The van der Waals surface area contributed by atoms with Crippen molar-refractivity contribution in [2.24, 2.45) is 5.92 Å². The van der Waals surface area contributed by atoms with Gasteiger partial charge in [-0.2, -0.15) is 0 Å². The maximum atomic E-state index is 13.0. The van der Waals surface area contributed by atoms with Crippen LogP contribution in [0.5, 0.6) is 0 Å². The molecular formula is C20H22FN3O2. The maximum absolute atomic E-state index is 13.0. The molecule has 0 saturated carbocycles. The van der Waals surface area contributed by atoms with Gasteiger partial charge in [-0.15, -0.1) is 0 Å². The molecule has 6 heteroatoms. The zero-order valence-corrected chi connectivity index (χ0v) is 14.8. The van der Waals surface area contributed by atoms with E-state index < -0.39 is 12.1 Å². The SMILES string of the molecule is CC(C)[C@@H](NC(=O)Nc1ccc(F)cc1)C(=O)N1CCc2ccccc21.